The molecule has 0 bridgehead atoms. The van der Waals surface area contributed by atoms with E-state index in [4.69, 9.17) is 4.84 Å². The van der Waals surface area contributed by atoms with E-state index in [1.165, 1.54) is 0 Å². The highest BCUT2D eigenvalue weighted by molar-refractivity contribution is 6.43. The van der Waals surface area contributed by atoms with Crippen LogP contribution in [0.5, 0.6) is 0 Å². The van der Waals surface area contributed by atoms with Crippen molar-refractivity contribution >= 4 is 17.6 Å². The van der Waals surface area contributed by atoms with Gasteiger partial charge in [-0.05, 0) is 10.8 Å². The Morgan fingerprint density at radius 2 is 2.21 bits per heavy atom. The third kappa shape index (κ3) is 2.41. The average molecular weight is 258 g/mol. The molecule has 3 rings (SSSR count). The standard InChI is InChI=1S/C11H10N6O2/c18-10(12-11-13-16-17-14-11)8-6-9(19-15-8)7-4-2-1-3-5-7/h1-5,9H,6H2,(H2,12,13,14,16,17,18). The number of H-pyrrole nitrogens is 1. The lowest BCUT2D eigenvalue weighted by atomic mass is 10.0. The van der Waals surface area contributed by atoms with Crippen molar-refractivity contribution in [2.45, 2.75) is 12.5 Å². The van der Waals surface area contributed by atoms with E-state index in [0.29, 0.717) is 12.1 Å². The zero-order valence-electron chi connectivity index (χ0n) is 9.78. The van der Waals surface area contributed by atoms with E-state index >= 15 is 0 Å². The van der Waals surface area contributed by atoms with Crippen LogP contribution in [0.4, 0.5) is 5.95 Å². The van der Waals surface area contributed by atoms with Gasteiger partial charge in [-0.1, -0.05) is 40.6 Å². The van der Waals surface area contributed by atoms with Gasteiger partial charge in [0.15, 0.2) is 6.10 Å². The summed E-state index contributed by atoms with van der Waals surface area (Å²) in [7, 11) is 0. The summed E-state index contributed by atoms with van der Waals surface area (Å²) >= 11 is 0. The first-order valence-corrected chi connectivity index (χ1v) is 5.65. The average Bonchev–Trinajstić information content (AvgIpc) is 3.10. The number of tetrazole rings is 1. The maximum absolute atomic E-state index is 11.8. The molecular formula is C11H10N6O2. The second kappa shape index (κ2) is 4.84. The molecule has 1 atom stereocenters. The van der Waals surface area contributed by atoms with Gasteiger partial charge >= 0.3 is 0 Å². The maximum atomic E-state index is 11.8. The third-order valence-electron chi connectivity index (χ3n) is 2.67. The van der Waals surface area contributed by atoms with Gasteiger partial charge in [0.05, 0.1) is 0 Å². The van der Waals surface area contributed by atoms with E-state index in [-0.39, 0.29) is 18.0 Å². The summed E-state index contributed by atoms with van der Waals surface area (Å²) in [5.74, 6) is -0.282. The predicted molar refractivity (Wildman–Crippen MR) is 65.1 cm³/mol. The summed E-state index contributed by atoms with van der Waals surface area (Å²) in [6.45, 7) is 0. The molecule has 8 nitrogen and oxygen atoms in total. The summed E-state index contributed by atoms with van der Waals surface area (Å²) in [6.07, 6.45) is 0.181. The van der Waals surface area contributed by atoms with Crippen LogP contribution in [0.25, 0.3) is 0 Å². The molecule has 1 aromatic carbocycles. The molecule has 0 saturated heterocycles. The van der Waals surface area contributed by atoms with Crippen molar-refractivity contribution in [3.05, 3.63) is 35.9 Å². The zero-order valence-corrected chi connectivity index (χ0v) is 9.78. The number of rotatable bonds is 3. The van der Waals surface area contributed by atoms with Crippen LogP contribution in [0.1, 0.15) is 18.1 Å². The van der Waals surface area contributed by atoms with Crippen LogP contribution in [-0.2, 0) is 9.63 Å². The second-order valence-corrected chi connectivity index (χ2v) is 3.94. The number of hydrogen-bond donors (Lipinski definition) is 2. The molecule has 0 fully saturated rings. The van der Waals surface area contributed by atoms with Crippen LogP contribution in [0, 0.1) is 0 Å². The van der Waals surface area contributed by atoms with E-state index in [1.54, 1.807) is 0 Å². The Balaban J connectivity index is 1.64. The minimum absolute atomic E-state index is 0.107. The molecule has 2 heterocycles. The first kappa shape index (κ1) is 11.3. The number of hydrogen-bond acceptors (Lipinski definition) is 6. The van der Waals surface area contributed by atoms with Crippen LogP contribution < -0.4 is 5.32 Å². The molecule has 8 heteroatoms. The highest BCUT2D eigenvalue weighted by Gasteiger charge is 2.27. The van der Waals surface area contributed by atoms with Crippen molar-refractivity contribution in [3.8, 4) is 0 Å². The van der Waals surface area contributed by atoms with Gasteiger partial charge < -0.3 is 4.84 Å². The number of anilines is 1. The Labute approximate surface area is 107 Å². The van der Waals surface area contributed by atoms with Crippen LogP contribution in [0.2, 0.25) is 0 Å². The summed E-state index contributed by atoms with van der Waals surface area (Å²) in [4.78, 5) is 17.1. The molecule has 2 N–H and O–H groups in total. The van der Waals surface area contributed by atoms with Gasteiger partial charge in [0.1, 0.15) is 5.71 Å². The van der Waals surface area contributed by atoms with Gasteiger partial charge in [-0.15, -0.1) is 5.10 Å². The highest BCUT2D eigenvalue weighted by Crippen LogP contribution is 2.27. The van der Waals surface area contributed by atoms with Crippen LogP contribution >= 0.6 is 0 Å². The third-order valence-corrected chi connectivity index (χ3v) is 2.67. The summed E-state index contributed by atoms with van der Waals surface area (Å²) in [5.41, 5.74) is 1.28. The largest absolute Gasteiger partial charge is 0.387 e. The Hall–Kier alpha value is -2.77. The molecule has 2 aromatic rings. The minimum Gasteiger partial charge on any atom is -0.387 e. The predicted octanol–water partition coefficient (Wildman–Crippen LogP) is 0.656. The quantitative estimate of drug-likeness (QED) is 0.841. The SMILES string of the molecule is O=C(Nc1nn[nH]n1)C1=NOC(c2ccccc2)C1. The number of nitrogens with zero attached hydrogens (tertiary/aromatic N) is 4. The van der Waals surface area contributed by atoms with E-state index in [9.17, 15) is 4.79 Å². The van der Waals surface area contributed by atoms with Gasteiger partial charge in [-0.2, -0.15) is 5.21 Å². The first-order valence-electron chi connectivity index (χ1n) is 5.65. The fraction of sp³-hybridized carbons (Fsp3) is 0.182. The summed E-state index contributed by atoms with van der Waals surface area (Å²) in [6, 6.07) is 9.61. The summed E-state index contributed by atoms with van der Waals surface area (Å²) in [5, 5.41) is 19.1. The Morgan fingerprint density at radius 3 is 2.95 bits per heavy atom. The van der Waals surface area contributed by atoms with E-state index in [1.807, 2.05) is 30.3 Å². The number of aromatic amines is 1. The lowest BCUT2D eigenvalue weighted by Crippen LogP contribution is -2.22. The van der Waals surface area contributed by atoms with Crippen molar-refractivity contribution in [1.29, 1.82) is 0 Å². The summed E-state index contributed by atoms with van der Waals surface area (Å²) < 4.78 is 0. The second-order valence-electron chi connectivity index (χ2n) is 3.94. The van der Waals surface area contributed by atoms with E-state index < -0.39 is 0 Å². The van der Waals surface area contributed by atoms with Crippen LogP contribution in [0.3, 0.4) is 0 Å². The number of aromatic nitrogens is 4. The van der Waals surface area contributed by atoms with Crippen molar-refractivity contribution in [1.82, 2.24) is 20.6 Å². The molecule has 0 aliphatic carbocycles. The molecule has 1 aliphatic heterocycles. The van der Waals surface area contributed by atoms with Crippen LogP contribution in [0.15, 0.2) is 35.5 Å². The van der Waals surface area contributed by atoms with Gasteiger partial charge in [0.2, 0.25) is 0 Å². The molecule has 0 radical (unpaired) electrons. The smallest absolute Gasteiger partial charge is 0.276 e. The van der Waals surface area contributed by atoms with Crippen molar-refractivity contribution in [2.24, 2.45) is 5.16 Å². The van der Waals surface area contributed by atoms with Crippen molar-refractivity contribution in [2.75, 3.05) is 5.32 Å². The molecule has 96 valence electrons. The lowest BCUT2D eigenvalue weighted by Gasteiger charge is -2.07. The molecular weight excluding hydrogens is 248 g/mol. The molecule has 0 spiro atoms. The van der Waals surface area contributed by atoms with Gasteiger partial charge in [-0.3, -0.25) is 10.1 Å². The lowest BCUT2D eigenvalue weighted by molar-refractivity contribution is -0.110. The van der Waals surface area contributed by atoms with Crippen molar-refractivity contribution < 1.29 is 9.63 Å². The fourth-order valence-corrected chi connectivity index (χ4v) is 1.75. The van der Waals surface area contributed by atoms with Gasteiger partial charge in [0.25, 0.3) is 11.9 Å². The molecule has 19 heavy (non-hydrogen) atoms. The van der Waals surface area contributed by atoms with Gasteiger partial charge in [-0.25, -0.2) is 0 Å². The number of carbonyl (C=O) groups excluding carboxylic acids is 1. The normalized spacial score (nSPS) is 17.7. The van der Waals surface area contributed by atoms with Gasteiger partial charge in [0, 0.05) is 6.42 Å². The highest BCUT2D eigenvalue weighted by atomic mass is 16.6. The molecule has 1 amide bonds. The van der Waals surface area contributed by atoms with E-state index in [0.717, 1.165) is 5.56 Å². The van der Waals surface area contributed by atoms with E-state index in [2.05, 4.69) is 31.1 Å². The Morgan fingerprint density at radius 1 is 1.37 bits per heavy atom. The zero-order chi connectivity index (χ0) is 13.1. The van der Waals surface area contributed by atoms with Crippen molar-refractivity contribution in [3.63, 3.8) is 0 Å². The monoisotopic (exact) mass is 258 g/mol. The minimum atomic E-state index is -0.389. The Kier molecular flexibility index (Phi) is 2.89. The number of oxime groups is 1. The first-order chi connectivity index (χ1) is 9.33. The maximum Gasteiger partial charge on any atom is 0.276 e. The Bertz CT molecular complexity index is 595. The number of carbonyl (C=O) groups is 1. The molecule has 1 unspecified atom stereocenters. The molecule has 1 aromatic heterocycles. The molecule has 1 aliphatic rings. The van der Waals surface area contributed by atoms with Crippen LogP contribution in [-0.4, -0.2) is 32.2 Å². The number of amides is 1. The fourth-order valence-electron chi connectivity index (χ4n) is 1.75. The number of benzene rings is 1. The molecule has 0 saturated carbocycles. The number of nitrogens with one attached hydrogen (secondary N) is 2. The topological polar surface area (TPSA) is 105 Å².